The van der Waals surface area contributed by atoms with Gasteiger partial charge in [0.25, 0.3) is 0 Å². The highest BCUT2D eigenvalue weighted by Gasteiger charge is 2.44. The number of thiazole rings is 1. The predicted octanol–water partition coefficient (Wildman–Crippen LogP) is 4.88. The molecule has 4 rings (SSSR count). The third-order valence-corrected chi connectivity index (χ3v) is 6.75. The van der Waals surface area contributed by atoms with Crippen LogP contribution in [0, 0.1) is 11.8 Å². The molecular formula is C20H24BrN3OS. The average Bonchev–Trinajstić information content (AvgIpc) is 3.32. The summed E-state index contributed by atoms with van der Waals surface area (Å²) in [7, 11) is 0. The van der Waals surface area contributed by atoms with Crippen molar-refractivity contribution in [1.82, 2.24) is 9.88 Å². The molecule has 1 aliphatic carbocycles. The van der Waals surface area contributed by atoms with Crippen molar-refractivity contribution in [1.29, 1.82) is 0 Å². The monoisotopic (exact) mass is 433 g/mol. The number of amides is 1. The van der Waals surface area contributed by atoms with Gasteiger partial charge in [-0.25, -0.2) is 4.98 Å². The molecule has 138 valence electrons. The minimum atomic E-state index is 0.0697. The molecule has 0 spiro atoms. The third-order valence-electron chi connectivity index (χ3n) is 5.45. The molecule has 6 heteroatoms. The zero-order chi connectivity index (χ0) is 18.1. The lowest BCUT2D eigenvalue weighted by atomic mass is 9.99. The Kier molecular flexibility index (Phi) is 5.43. The number of nitrogens with one attached hydrogen (secondary N) is 1. The Balaban J connectivity index is 1.30. The van der Waals surface area contributed by atoms with E-state index in [9.17, 15) is 4.79 Å². The Morgan fingerprint density at radius 3 is 2.96 bits per heavy atom. The number of rotatable bonds is 5. The van der Waals surface area contributed by atoms with Gasteiger partial charge in [0.2, 0.25) is 5.91 Å². The largest absolute Gasteiger partial charge is 0.302 e. The molecule has 2 aromatic rings. The van der Waals surface area contributed by atoms with Crippen molar-refractivity contribution < 1.29 is 4.79 Å². The summed E-state index contributed by atoms with van der Waals surface area (Å²) in [5.74, 6) is 1.35. The predicted molar refractivity (Wildman–Crippen MR) is 109 cm³/mol. The van der Waals surface area contributed by atoms with E-state index < -0.39 is 0 Å². The summed E-state index contributed by atoms with van der Waals surface area (Å²) in [6.07, 6.45) is 3.46. The molecule has 1 amide bonds. The van der Waals surface area contributed by atoms with Crippen molar-refractivity contribution in [2.24, 2.45) is 11.8 Å². The Bertz CT molecular complexity index is 785. The number of hydrogen-bond donors (Lipinski definition) is 1. The summed E-state index contributed by atoms with van der Waals surface area (Å²) >= 11 is 5.04. The van der Waals surface area contributed by atoms with Gasteiger partial charge in [-0.05, 0) is 61.9 Å². The van der Waals surface area contributed by atoms with Gasteiger partial charge >= 0.3 is 0 Å². The second kappa shape index (κ2) is 7.79. The van der Waals surface area contributed by atoms with Gasteiger partial charge in [-0.2, -0.15) is 0 Å². The van der Waals surface area contributed by atoms with E-state index in [2.05, 4.69) is 55.6 Å². The van der Waals surface area contributed by atoms with Crippen LogP contribution in [0.25, 0.3) is 0 Å². The Hall–Kier alpha value is -1.24. The second-order valence-electron chi connectivity index (χ2n) is 7.60. The molecule has 2 aliphatic rings. The van der Waals surface area contributed by atoms with E-state index in [0.29, 0.717) is 5.92 Å². The van der Waals surface area contributed by atoms with E-state index in [1.807, 2.05) is 12.1 Å². The van der Waals surface area contributed by atoms with Crippen LogP contribution in [0.5, 0.6) is 0 Å². The number of halogens is 1. The molecule has 1 aromatic carbocycles. The summed E-state index contributed by atoms with van der Waals surface area (Å²) in [6.45, 7) is 5.52. The van der Waals surface area contributed by atoms with Crippen molar-refractivity contribution in [3.8, 4) is 0 Å². The second-order valence-corrected chi connectivity index (χ2v) is 9.37. The van der Waals surface area contributed by atoms with E-state index >= 15 is 0 Å². The van der Waals surface area contributed by atoms with Crippen molar-refractivity contribution in [3.05, 3.63) is 45.4 Å². The van der Waals surface area contributed by atoms with Gasteiger partial charge in [-0.1, -0.05) is 35.0 Å². The molecule has 1 saturated carbocycles. The Morgan fingerprint density at radius 1 is 1.38 bits per heavy atom. The lowest BCUT2D eigenvalue weighted by Gasteiger charge is -2.29. The maximum Gasteiger partial charge on any atom is 0.229 e. The summed E-state index contributed by atoms with van der Waals surface area (Å²) in [5.41, 5.74) is 2.30. The van der Waals surface area contributed by atoms with Gasteiger partial charge in [-0.15, -0.1) is 11.3 Å². The van der Waals surface area contributed by atoms with Gasteiger partial charge in [0.1, 0.15) is 0 Å². The molecule has 1 N–H and O–H groups in total. The van der Waals surface area contributed by atoms with E-state index in [-0.39, 0.29) is 11.8 Å². The molecule has 2 unspecified atom stereocenters. The highest BCUT2D eigenvalue weighted by atomic mass is 79.9. The summed E-state index contributed by atoms with van der Waals surface area (Å²) in [5, 5.41) is 5.83. The van der Waals surface area contributed by atoms with Crippen molar-refractivity contribution in [2.75, 3.05) is 18.4 Å². The number of nitrogens with zero attached hydrogens (tertiary/aromatic N) is 2. The highest BCUT2D eigenvalue weighted by Crippen LogP contribution is 2.48. The van der Waals surface area contributed by atoms with Crippen molar-refractivity contribution in [3.63, 3.8) is 0 Å². The molecule has 1 aliphatic heterocycles. The van der Waals surface area contributed by atoms with Crippen LogP contribution in [0.3, 0.4) is 0 Å². The minimum absolute atomic E-state index is 0.0697. The molecule has 2 fully saturated rings. The molecule has 1 aromatic heterocycles. The lowest BCUT2D eigenvalue weighted by Crippen LogP contribution is -2.32. The van der Waals surface area contributed by atoms with Crippen molar-refractivity contribution in [2.45, 2.75) is 38.6 Å². The molecule has 2 atom stereocenters. The van der Waals surface area contributed by atoms with E-state index in [4.69, 9.17) is 0 Å². The van der Waals surface area contributed by atoms with Crippen LogP contribution < -0.4 is 5.32 Å². The van der Waals surface area contributed by atoms with Gasteiger partial charge in [0, 0.05) is 22.3 Å². The molecule has 0 radical (unpaired) electrons. The van der Waals surface area contributed by atoms with Crippen LogP contribution in [0.15, 0.2) is 34.1 Å². The molecule has 1 saturated heterocycles. The van der Waals surface area contributed by atoms with Crippen molar-refractivity contribution >= 4 is 38.3 Å². The van der Waals surface area contributed by atoms with Gasteiger partial charge in [-0.3, -0.25) is 9.69 Å². The fraction of sp³-hybridized carbons (Fsp3) is 0.500. The lowest BCUT2D eigenvalue weighted by molar-refractivity contribution is -0.117. The summed E-state index contributed by atoms with van der Waals surface area (Å²) in [6, 6.07) is 8.25. The first-order valence-electron chi connectivity index (χ1n) is 9.31. The maximum atomic E-state index is 12.5. The van der Waals surface area contributed by atoms with Crippen LogP contribution in [0.4, 0.5) is 5.13 Å². The number of anilines is 1. The van der Waals surface area contributed by atoms with E-state index in [1.165, 1.54) is 29.7 Å². The highest BCUT2D eigenvalue weighted by molar-refractivity contribution is 9.10. The Morgan fingerprint density at radius 2 is 2.19 bits per heavy atom. The Labute approximate surface area is 167 Å². The summed E-state index contributed by atoms with van der Waals surface area (Å²) in [4.78, 5) is 19.6. The SMILES string of the molecule is CC1CCN(Cc2csc(NC(=O)C3CC3c3cccc(Br)c3)n2)CC1. The number of likely N-dealkylation sites (tertiary alicyclic amines) is 1. The van der Waals surface area contributed by atoms with Gasteiger partial charge < -0.3 is 5.32 Å². The normalized spacial score (nSPS) is 23.8. The van der Waals surface area contributed by atoms with E-state index in [0.717, 1.165) is 47.3 Å². The third kappa shape index (κ3) is 4.35. The van der Waals surface area contributed by atoms with Crippen LogP contribution >= 0.6 is 27.3 Å². The first kappa shape index (κ1) is 18.1. The standard InChI is InChI=1S/C20H24BrN3OS/c1-13-5-7-24(8-6-13)11-16-12-26-20(22-16)23-19(25)18-10-17(18)14-3-2-4-15(21)9-14/h2-4,9,12-13,17-18H,5-8,10-11H2,1H3,(H,22,23,25). The quantitative estimate of drug-likeness (QED) is 0.730. The van der Waals surface area contributed by atoms with Crippen LogP contribution in [-0.2, 0) is 11.3 Å². The maximum absolute atomic E-state index is 12.5. The number of aromatic nitrogens is 1. The number of carbonyl (C=O) groups excluding carboxylic acids is 1. The molecule has 0 bridgehead atoms. The fourth-order valence-electron chi connectivity index (χ4n) is 3.67. The molecule has 2 heterocycles. The molecule has 26 heavy (non-hydrogen) atoms. The topological polar surface area (TPSA) is 45.2 Å². The number of piperidine rings is 1. The first-order valence-corrected chi connectivity index (χ1v) is 11.0. The van der Waals surface area contributed by atoms with Crippen LogP contribution in [0.1, 0.15) is 43.4 Å². The minimum Gasteiger partial charge on any atom is -0.302 e. The van der Waals surface area contributed by atoms with Gasteiger partial charge in [0.15, 0.2) is 5.13 Å². The number of benzene rings is 1. The first-order chi connectivity index (χ1) is 12.6. The number of hydrogen-bond acceptors (Lipinski definition) is 4. The smallest absolute Gasteiger partial charge is 0.229 e. The number of carbonyl (C=O) groups is 1. The fourth-order valence-corrected chi connectivity index (χ4v) is 4.80. The molecule has 4 nitrogen and oxygen atoms in total. The molecular weight excluding hydrogens is 410 g/mol. The van der Waals surface area contributed by atoms with Crippen LogP contribution in [-0.4, -0.2) is 28.9 Å². The van der Waals surface area contributed by atoms with Crippen LogP contribution in [0.2, 0.25) is 0 Å². The zero-order valence-electron chi connectivity index (χ0n) is 15.0. The average molecular weight is 434 g/mol. The van der Waals surface area contributed by atoms with E-state index in [1.54, 1.807) is 0 Å². The van der Waals surface area contributed by atoms with Gasteiger partial charge in [0.05, 0.1) is 5.69 Å². The summed E-state index contributed by atoms with van der Waals surface area (Å²) < 4.78 is 1.07. The zero-order valence-corrected chi connectivity index (χ0v) is 17.4.